The zero-order valence-electron chi connectivity index (χ0n) is 16.9. The van der Waals surface area contributed by atoms with Crippen molar-refractivity contribution in [2.24, 2.45) is 5.92 Å². The Bertz CT molecular complexity index is 1110. The number of hydrogen-bond acceptors (Lipinski definition) is 6. The minimum Gasteiger partial charge on any atom is -0.326 e. The minimum absolute atomic E-state index is 0.136. The Hall–Kier alpha value is -2.05. The molecule has 1 unspecified atom stereocenters. The molecule has 0 bridgehead atoms. The molecule has 1 atom stereocenters. The molecule has 168 valence electrons. The zero-order chi connectivity index (χ0) is 22.5. The van der Waals surface area contributed by atoms with Crippen molar-refractivity contribution >= 4 is 43.0 Å². The molecule has 2 N–H and O–H groups in total. The molecule has 1 fully saturated rings. The summed E-state index contributed by atoms with van der Waals surface area (Å²) in [6.45, 7) is 4.17. The van der Waals surface area contributed by atoms with E-state index < -0.39 is 26.0 Å². The van der Waals surface area contributed by atoms with Gasteiger partial charge in [0.25, 0.3) is 10.0 Å². The number of nitrogens with one attached hydrogen (secondary N) is 2. The van der Waals surface area contributed by atoms with Gasteiger partial charge in [-0.1, -0.05) is 24.3 Å². The summed E-state index contributed by atoms with van der Waals surface area (Å²) in [6, 6.07) is 9.81. The van der Waals surface area contributed by atoms with Crippen LogP contribution < -0.4 is 10.0 Å². The summed E-state index contributed by atoms with van der Waals surface area (Å²) in [5.41, 5.74) is 1.11. The van der Waals surface area contributed by atoms with Crippen LogP contribution in [-0.2, 0) is 30.6 Å². The summed E-state index contributed by atoms with van der Waals surface area (Å²) in [7, 11) is -7.04. The summed E-state index contributed by atoms with van der Waals surface area (Å²) < 4.78 is 53.4. The second kappa shape index (κ2) is 10.0. The molecule has 1 amide bonds. The fourth-order valence-corrected chi connectivity index (χ4v) is 7.07. The van der Waals surface area contributed by atoms with E-state index in [1.54, 1.807) is 41.8 Å². The number of sulfonamides is 2. The Balaban J connectivity index is 1.60. The van der Waals surface area contributed by atoms with Crippen LogP contribution >= 0.6 is 11.3 Å². The number of piperidine rings is 1. The first-order chi connectivity index (χ1) is 14.7. The molecule has 2 heterocycles. The normalized spacial score (nSPS) is 17.9. The van der Waals surface area contributed by atoms with Crippen molar-refractivity contribution in [1.82, 2.24) is 9.03 Å². The molecule has 1 aromatic carbocycles. The van der Waals surface area contributed by atoms with E-state index in [4.69, 9.17) is 0 Å². The van der Waals surface area contributed by atoms with E-state index in [1.807, 2.05) is 0 Å². The topological polar surface area (TPSA) is 113 Å². The van der Waals surface area contributed by atoms with E-state index in [1.165, 1.54) is 10.4 Å². The van der Waals surface area contributed by atoms with Gasteiger partial charge in [-0.3, -0.25) is 4.79 Å². The molecule has 11 heteroatoms. The number of amides is 1. The van der Waals surface area contributed by atoms with E-state index in [2.05, 4.69) is 16.6 Å². The van der Waals surface area contributed by atoms with Gasteiger partial charge in [0.1, 0.15) is 4.21 Å². The average molecular weight is 484 g/mol. The quantitative estimate of drug-likeness (QED) is 0.532. The predicted octanol–water partition coefficient (Wildman–Crippen LogP) is 2.39. The summed E-state index contributed by atoms with van der Waals surface area (Å²) in [6.07, 6.45) is 2.68. The van der Waals surface area contributed by atoms with Gasteiger partial charge in [-0.25, -0.2) is 21.6 Å². The van der Waals surface area contributed by atoms with Crippen molar-refractivity contribution in [1.29, 1.82) is 0 Å². The van der Waals surface area contributed by atoms with Crippen molar-refractivity contribution < 1.29 is 21.6 Å². The fraction of sp³-hybridized carbons (Fsp3) is 0.350. The number of anilines is 1. The van der Waals surface area contributed by atoms with Crippen molar-refractivity contribution in [2.45, 2.75) is 22.8 Å². The molecule has 0 spiro atoms. The zero-order valence-corrected chi connectivity index (χ0v) is 19.3. The van der Waals surface area contributed by atoms with Crippen LogP contribution in [-0.4, -0.2) is 46.7 Å². The number of benzene rings is 1. The third-order valence-electron chi connectivity index (χ3n) is 4.87. The van der Waals surface area contributed by atoms with Gasteiger partial charge in [0, 0.05) is 25.3 Å². The Kier molecular flexibility index (Phi) is 7.65. The number of carbonyl (C=O) groups is 1. The van der Waals surface area contributed by atoms with E-state index in [9.17, 15) is 21.6 Å². The summed E-state index contributed by atoms with van der Waals surface area (Å²) in [5.74, 6) is -0.876. The van der Waals surface area contributed by atoms with Crippen LogP contribution in [0.4, 0.5) is 5.69 Å². The van der Waals surface area contributed by atoms with Gasteiger partial charge in [-0.2, -0.15) is 4.31 Å². The molecule has 1 aliphatic heterocycles. The largest absolute Gasteiger partial charge is 0.326 e. The Labute approximate surface area is 187 Å². The highest BCUT2D eigenvalue weighted by atomic mass is 32.2. The maximum atomic E-state index is 12.7. The lowest BCUT2D eigenvalue weighted by atomic mass is 9.98. The molecule has 0 radical (unpaired) electrons. The lowest BCUT2D eigenvalue weighted by Crippen LogP contribution is -2.43. The summed E-state index contributed by atoms with van der Waals surface area (Å²) >= 11 is 1.16. The Morgan fingerprint density at radius 1 is 1.19 bits per heavy atom. The SMILES string of the molecule is C=CCNS(=O)(=O)Cc1ccc(NC(=O)C2CCCN(S(=O)(=O)c3cccs3)C2)cc1. The predicted molar refractivity (Wildman–Crippen MR) is 122 cm³/mol. The third kappa shape index (κ3) is 6.23. The molecular weight excluding hydrogens is 458 g/mol. The first-order valence-corrected chi connectivity index (χ1v) is 13.7. The van der Waals surface area contributed by atoms with Crippen molar-refractivity contribution in [3.63, 3.8) is 0 Å². The van der Waals surface area contributed by atoms with E-state index in [0.29, 0.717) is 30.6 Å². The van der Waals surface area contributed by atoms with Crippen LogP contribution in [0.15, 0.2) is 58.6 Å². The average Bonchev–Trinajstić information content (AvgIpc) is 3.29. The smallest absolute Gasteiger partial charge is 0.252 e. The van der Waals surface area contributed by atoms with Gasteiger partial charge in [0.05, 0.1) is 11.7 Å². The number of thiophene rings is 1. The molecule has 1 saturated heterocycles. The van der Waals surface area contributed by atoms with Crippen LogP contribution in [0.3, 0.4) is 0 Å². The van der Waals surface area contributed by atoms with Gasteiger partial charge in [0.15, 0.2) is 0 Å². The van der Waals surface area contributed by atoms with Crippen LogP contribution in [0.25, 0.3) is 0 Å². The van der Waals surface area contributed by atoms with Crippen molar-refractivity contribution in [3.8, 4) is 0 Å². The first kappa shape index (κ1) is 23.6. The van der Waals surface area contributed by atoms with Crippen molar-refractivity contribution in [2.75, 3.05) is 25.0 Å². The second-order valence-corrected chi connectivity index (χ2v) is 12.1. The van der Waals surface area contributed by atoms with Crippen LogP contribution in [0.2, 0.25) is 0 Å². The van der Waals surface area contributed by atoms with Gasteiger partial charge in [-0.05, 0) is 42.0 Å². The molecular formula is C20H25N3O5S3. The number of rotatable bonds is 9. The number of nitrogens with zero attached hydrogens (tertiary/aromatic N) is 1. The van der Waals surface area contributed by atoms with Gasteiger partial charge >= 0.3 is 0 Å². The first-order valence-electron chi connectivity index (χ1n) is 9.73. The van der Waals surface area contributed by atoms with Crippen LogP contribution in [0, 0.1) is 5.92 Å². The van der Waals surface area contributed by atoms with Crippen LogP contribution in [0.5, 0.6) is 0 Å². The highest BCUT2D eigenvalue weighted by Crippen LogP contribution is 2.27. The van der Waals surface area contributed by atoms with Gasteiger partial charge in [0.2, 0.25) is 15.9 Å². The monoisotopic (exact) mass is 483 g/mol. The lowest BCUT2D eigenvalue weighted by Gasteiger charge is -2.30. The second-order valence-electron chi connectivity index (χ2n) is 7.22. The highest BCUT2D eigenvalue weighted by molar-refractivity contribution is 7.91. The van der Waals surface area contributed by atoms with E-state index in [-0.39, 0.29) is 29.0 Å². The molecule has 0 aliphatic carbocycles. The maximum absolute atomic E-state index is 12.7. The minimum atomic E-state index is -3.58. The standard InChI is InChI=1S/C20H25N3O5S3/c1-2-11-21-30(25,26)15-16-7-9-18(10-8-16)22-20(24)17-5-3-12-23(14-17)31(27,28)19-6-4-13-29-19/h2,4,6-10,13,17,21H,1,3,5,11-12,14-15H2,(H,22,24). The number of carbonyl (C=O) groups excluding carboxylic acids is 1. The summed E-state index contributed by atoms with van der Waals surface area (Å²) in [4.78, 5) is 12.7. The highest BCUT2D eigenvalue weighted by Gasteiger charge is 2.33. The van der Waals surface area contributed by atoms with Crippen LogP contribution in [0.1, 0.15) is 18.4 Å². The lowest BCUT2D eigenvalue weighted by molar-refractivity contribution is -0.120. The number of hydrogen-bond donors (Lipinski definition) is 2. The molecule has 0 saturated carbocycles. The summed E-state index contributed by atoms with van der Waals surface area (Å²) in [5, 5.41) is 4.52. The van der Waals surface area contributed by atoms with Gasteiger partial charge < -0.3 is 5.32 Å². The van der Waals surface area contributed by atoms with E-state index in [0.717, 1.165) is 11.3 Å². The molecule has 31 heavy (non-hydrogen) atoms. The molecule has 2 aromatic rings. The van der Waals surface area contributed by atoms with E-state index >= 15 is 0 Å². The van der Waals surface area contributed by atoms with Crippen molar-refractivity contribution in [3.05, 3.63) is 60.0 Å². The molecule has 1 aliphatic rings. The Morgan fingerprint density at radius 3 is 2.58 bits per heavy atom. The molecule has 3 rings (SSSR count). The maximum Gasteiger partial charge on any atom is 0.252 e. The fourth-order valence-electron chi connectivity index (χ4n) is 3.30. The Morgan fingerprint density at radius 2 is 1.94 bits per heavy atom. The molecule has 8 nitrogen and oxygen atoms in total. The third-order valence-corrected chi connectivity index (χ3v) is 9.43. The molecule has 1 aromatic heterocycles. The van der Waals surface area contributed by atoms with Gasteiger partial charge in [-0.15, -0.1) is 17.9 Å².